The summed E-state index contributed by atoms with van der Waals surface area (Å²) in [4.78, 5) is 4.40. The Morgan fingerprint density at radius 2 is 1.74 bits per heavy atom. The molecule has 27 heavy (non-hydrogen) atoms. The largest absolute Gasteiger partial charge is 0.497 e. The second-order valence-corrected chi connectivity index (χ2v) is 7.39. The van der Waals surface area contributed by atoms with Crippen LogP contribution in [0.15, 0.2) is 57.9 Å². The predicted molar refractivity (Wildman–Crippen MR) is 98.0 cm³/mol. The number of ether oxygens (including phenoxy) is 2. The van der Waals surface area contributed by atoms with Crippen molar-refractivity contribution in [3.63, 3.8) is 0 Å². The van der Waals surface area contributed by atoms with E-state index >= 15 is 0 Å². The molecule has 0 bridgehead atoms. The van der Waals surface area contributed by atoms with Crippen molar-refractivity contribution in [2.45, 2.75) is 17.9 Å². The topological polar surface area (TPSA) is 104 Å². The summed E-state index contributed by atoms with van der Waals surface area (Å²) in [5.41, 5.74) is 0.653. The molecular weight excluding hydrogens is 370 g/mol. The molecule has 3 rings (SSSR count). The fraction of sp³-hybridized carbons (Fsp3) is 0.222. The summed E-state index contributed by atoms with van der Waals surface area (Å²) in [5.74, 6) is 1.63. The van der Waals surface area contributed by atoms with E-state index in [1.54, 1.807) is 38.3 Å². The third kappa shape index (κ3) is 4.09. The van der Waals surface area contributed by atoms with Gasteiger partial charge in [-0.1, -0.05) is 17.3 Å². The summed E-state index contributed by atoms with van der Waals surface area (Å²) in [6, 6.07) is 12.6. The van der Waals surface area contributed by atoms with Gasteiger partial charge in [0.25, 0.3) is 0 Å². The maximum Gasteiger partial charge on any atom is 0.244 e. The average Bonchev–Trinajstić information content (AvgIpc) is 3.18. The summed E-state index contributed by atoms with van der Waals surface area (Å²) in [6.07, 6.45) is 0. The number of sulfonamides is 1. The van der Waals surface area contributed by atoms with Crippen molar-refractivity contribution in [3.8, 4) is 22.9 Å². The van der Waals surface area contributed by atoms with Crippen LogP contribution in [0, 0.1) is 0 Å². The zero-order chi connectivity index (χ0) is 19.4. The maximum absolute atomic E-state index is 12.5. The molecule has 0 spiro atoms. The third-order valence-electron chi connectivity index (χ3n) is 3.86. The molecular formula is C18H19N3O5S. The first-order valence-electron chi connectivity index (χ1n) is 8.08. The quantitative estimate of drug-likeness (QED) is 0.662. The number of hydrogen-bond acceptors (Lipinski definition) is 7. The second kappa shape index (κ2) is 7.77. The van der Waals surface area contributed by atoms with Crippen molar-refractivity contribution in [1.82, 2.24) is 14.9 Å². The molecule has 142 valence electrons. The predicted octanol–water partition coefficient (Wildman–Crippen LogP) is 2.79. The first-order chi connectivity index (χ1) is 12.9. The lowest BCUT2D eigenvalue weighted by molar-refractivity contribution is 0.353. The lowest BCUT2D eigenvalue weighted by atomic mass is 10.2. The number of nitrogens with one attached hydrogen (secondary N) is 1. The number of methoxy groups -OCH3 is 2. The molecule has 0 aliphatic rings. The number of hydrogen-bond donors (Lipinski definition) is 1. The molecule has 0 fully saturated rings. The Hall–Kier alpha value is -2.91. The van der Waals surface area contributed by atoms with E-state index in [0.29, 0.717) is 22.9 Å². The molecule has 9 heteroatoms. The highest BCUT2D eigenvalue weighted by atomic mass is 32.2. The molecule has 1 heterocycles. The highest BCUT2D eigenvalue weighted by Gasteiger charge is 2.23. The van der Waals surface area contributed by atoms with Gasteiger partial charge in [0.15, 0.2) is 0 Å². The minimum Gasteiger partial charge on any atom is -0.497 e. The van der Waals surface area contributed by atoms with Crippen LogP contribution in [0.4, 0.5) is 0 Å². The first-order valence-corrected chi connectivity index (χ1v) is 9.56. The van der Waals surface area contributed by atoms with Gasteiger partial charge in [-0.05, 0) is 43.3 Å². The average molecular weight is 389 g/mol. The Labute approximate surface area is 157 Å². The molecule has 0 saturated heterocycles. The number of aromatic nitrogens is 2. The molecule has 0 unspecified atom stereocenters. The minimum atomic E-state index is -3.76. The van der Waals surface area contributed by atoms with Crippen molar-refractivity contribution in [3.05, 3.63) is 54.4 Å². The van der Waals surface area contributed by atoms with Gasteiger partial charge >= 0.3 is 0 Å². The van der Waals surface area contributed by atoms with E-state index in [0.717, 1.165) is 0 Å². The summed E-state index contributed by atoms with van der Waals surface area (Å²) < 4.78 is 43.1. The van der Waals surface area contributed by atoms with Crippen LogP contribution in [0.5, 0.6) is 11.5 Å². The fourth-order valence-electron chi connectivity index (χ4n) is 2.46. The van der Waals surface area contributed by atoms with E-state index in [4.69, 9.17) is 14.0 Å². The Morgan fingerprint density at radius 1 is 1.04 bits per heavy atom. The monoisotopic (exact) mass is 389 g/mol. The Kier molecular flexibility index (Phi) is 5.43. The molecule has 1 N–H and O–H groups in total. The summed E-state index contributed by atoms with van der Waals surface area (Å²) >= 11 is 0. The van der Waals surface area contributed by atoms with Crippen LogP contribution in [-0.4, -0.2) is 32.8 Å². The van der Waals surface area contributed by atoms with Gasteiger partial charge < -0.3 is 14.0 Å². The van der Waals surface area contributed by atoms with E-state index in [1.165, 1.54) is 19.2 Å². The molecule has 0 radical (unpaired) electrons. The molecule has 0 aliphatic heterocycles. The van der Waals surface area contributed by atoms with Gasteiger partial charge in [0.1, 0.15) is 11.5 Å². The number of rotatable bonds is 7. The lowest BCUT2D eigenvalue weighted by Gasteiger charge is -2.11. The molecule has 8 nitrogen and oxygen atoms in total. The van der Waals surface area contributed by atoms with Crippen LogP contribution in [0.25, 0.3) is 11.4 Å². The molecule has 0 saturated carbocycles. The molecule has 2 aromatic carbocycles. The molecule has 1 aromatic heterocycles. The van der Waals surface area contributed by atoms with Gasteiger partial charge in [-0.25, -0.2) is 8.42 Å². The number of benzene rings is 2. The van der Waals surface area contributed by atoms with Crippen LogP contribution in [0.3, 0.4) is 0 Å². The van der Waals surface area contributed by atoms with E-state index in [2.05, 4.69) is 14.9 Å². The number of nitrogens with zero attached hydrogens (tertiary/aromatic N) is 2. The zero-order valence-electron chi connectivity index (χ0n) is 15.0. The normalized spacial score (nSPS) is 12.6. The molecule has 1 atom stereocenters. The fourth-order valence-corrected chi connectivity index (χ4v) is 3.65. The zero-order valence-corrected chi connectivity index (χ0v) is 15.9. The summed E-state index contributed by atoms with van der Waals surface area (Å²) in [6.45, 7) is 1.63. The Bertz CT molecular complexity index is 1020. The molecule has 0 aliphatic carbocycles. The van der Waals surface area contributed by atoms with E-state index < -0.39 is 16.1 Å². The first kappa shape index (κ1) is 18.9. The van der Waals surface area contributed by atoms with Gasteiger partial charge in [-0.3, -0.25) is 0 Å². The van der Waals surface area contributed by atoms with Crippen LogP contribution < -0.4 is 14.2 Å². The van der Waals surface area contributed by atoms with Crippen molar-refractivity contribution in [2.24, 2.45) is 0 Å². The van der Waals surface area contributed by atoms with Crippen LogP contribution in [-0.2, 0) is 10.0 Å². The van der Waals surface area contributed by atoms with Crippen LogP contribution in [0.1, 0.15) is 18.9 Å². The highest BCUT2D eigenvalue weighted by molar-refractivity contribution is 7.89. The smallest absolute Gasteiger partial charge is 0.244 e. The summed E-state index contributed by atoms with van der Waals surface area (Å²) in [7, 11) is -0.699. The van der Waals surface area contributed by atoms with Gasteiger partial charge in [-0.2, -0.15) is 9.71 Å². The molecule has 0 amide bonds. The standard InChI is InChI=1S/C18H19N3O5S/c1-12(21-27(22,23)14-10-8-13(24-2)9-11-14)18-19-17(20-26-18)15-6-4-5-7-16(15)25-3/h4-12,21H,1-3H3/t12-/m1/s1. The SMILES string of the molecule is COc1ccc(S(=O)(=O)N[C@H](C)c2nc(-c3ccccc3OC)no2)cc1. The lowest BCUT2D eigenvalue weighted by Crippen LogP contribution is -2.27. The Balaban J connectivity index is 1.80. The summed E-state index contributed by atoms with van der Waals surface area (Å²) in [5, 5.41) is 3.92. The molecule has 3 aromatic rings. The highest BCUT2D eigenvalue weighted by Crippen LogP contribution is 2.28. The van der Waals surface area contributed by atoms with E-state index in [-0.39, 0.29) is 10.8 Å². The van der Waals surface area contributed by atoms with Gasteiger partial charge in [0, 0.05) is 0 Å². The van der Waals surface area contributed by atoms with Gasteiger partial charge in [0.2, 0.25) is 21.7 Å². The number of para-hydroxylation sites is 1. The Morgan fingerprint density at radius 3 is 2.41 bits per heavy atom. The second-order valence-electron chi connectivity index (χ2n) is 5.68. The van der Waals surface area contributed by atoms with E-state index in [1.807, 2.05) is 12.1 Å². The van der Waals surface area contributed by atoms with Crippen molar-refractivity contribution >= 4 is 10.0 Å². The third-order valence-corrected chi connectivity index (χ3v) is 5.42. The van der Waals surface area contributed by atoms with Gasteiger partial charge in [-0.15, -0.1) is 0 Å². The van der Waals surface area contributed by atoms with E-state index in [9.17, 15) is 8.42 Å². The van der Waals surface area contributed by atoms with Crippen molar-refractivity contribution in [1.29, 1.82) is 0 Å². The minimum absolute atomic E-state index is 0.111. The van der Waals surface area contributed by atoms with Crippen LogP contribution in [0.2, 0.25) is 0 Å². The van der Waals surface area contributed by atoms with Crippen LogP contribution >= 0.6 is 0 Å². The van der Waals surface area contributed by atoms with Crippen molar-refractivity contribution in [2.75, 3.05) is 14.2 Å². The van der Waals surface area contributed by atoms with Crippen molar-refractivity contribution < 1.29 is 22.4 Å². The maximum atomic E-state index is 12.5. The van der Waals surface area contributed by atoms with Gasteiger partial charge in [0.05, 0.1) is 30.7 Å².